The number of benzene rings is 1. The molecule has 3 rings (SSSR count). The molecule has 0 fully saturated rings. The van der Waals surface area contributed by atoms with Gasteiger partial charge in [-0.1, -0.05) is 0 Å². The van der Waals surface area contributed by atoms with Crippen molar-refractivity contribution in [1.82, 2.24) is 4.98 Å². The third-order valence-electron chi connectivity index (χ3n) is 3.03. The van der Waals surface area contributed by atoms with Gasteiger partial charge in [0.05, 0.1) is 24.8 Å². The first-order chi connectivity index (χ1) is 9.33. The summed E-state index contributed by atoms with van der Waals surface area (Å²) < 4.78 is 10.3. The molecule has 0 aliphatic carbocycles. The van der Waals surface area contributed by atoms with Crippen molar-refractivity contribution in [2.75, 3.05) is 5.32 Å². The molecule has 1 aromatic carbocycles. The van der Waals surface area contributed by atoms with Crippen molar-refractivity contribution >= 4 is 5.69 Å². The SMILES string of the molecule is CC(Nc1ccc(-c2cnco2)cc1)c1ccoc1. The van der Waals surface area contributed by atoms with E-state index >= 15 is 0 Å². The number of aromatic nitrogens is 1. The highest BCUT2D eigenvalue weighted by Crippen LogP contribution is 2.23. The first-order valence-electron chi connectivity index (χ1n) is 6.10. The molecular formula is C15H14N2O2. The zero-order valence-electron chi connectivity index (χ0n) is 10.5. The van der Waals surface area contributed by atoms with Crippen LogP contribution in [-0.4, -0.2) is 4.98 Å². The van der Waals surface area contributed by atoms with E-state index in [1.54, 1.807) is 18.7 Å². The van der Waals surface area contributed by atoms with Crippen LogP contribution in [0.1, 0.15) is 18.5 Å². The lowest BCUT2D eigenvalue weighted by atomic mass is 10.1. The summed E-state index contributed by atoms with van der Waals surface area (Å²) in [5, 5.41) is 3.41. The van der Waals surface area contributed by atoms with Crippen LogP contribution in [0.2, 0.25) is 0 Å². The van der Waals surface area contributed by atoms with Crippen LogP contribution in [0.5, 0.6) is 0 Å². The molecule has 2 aromatic heterocycles. The fourth-order valence-corrected chi connectivity index (χ4v) is 1.94. The molecule has 1 unspecified atom stereocenters. The Bertz CT molecular complexity index is 613. The van der Waals surface area contributed by atoms with Crippen molar-refractivity contribution in [2.45, 2.75) is 13.0 Å². The van der Waals surface area contributed by atoms with E-state index in [0.29, 0.717) is 0 Å². The van der Waals surface area contributed by atoms with E-state index in [9.17, 15) is 0 Å². The quantitative estimate of drug-likeness (QED) is 0.761. The van der Waals surface area contributed by atoms with E-state index in [0.717, 1.165) is 22.6 Å². The van der Waals surface area contributed by atoms with E-state index in [-0.39, 0.29) is 6.04 Å². The third kappa shape index (κ3) is 2.52. The minimum Gasteiger partial charge on any atom is -0.472 e. The lowest BCUT2D eigenvalue weighted by Crippen LogP contribution is -2.05. The van der Waals surface area contributed by atoms with Crippen molar-refractivity contribution in [3.8, 4) is 11.3 Å². The minimum atomic E-state index is 0.204. The Labute approximate surface area is 111 Å². The van der Waals surface area contributed by atoms with Crippen LogP contribution < -0.4 is 5.32 Å². The highest BCUT2D eigenvalue weighted by atomic mass is 16.3. The molecule has 2 heterocycles. The van der Waals surface area contributed by atoms with Gasteiger partial charge in [-0.25, -0.2) is 4.98 Å². The van der Waals surface area contributed by atoms with Gasteiger partial charge in [-0.2, -0.15) is 0 Å². The Morgan fingerprint density at radius 3 is 2.63 bits per heavy atom. The van der Waals surface area contributed by atoms with Gasteiger partial charge in [0.2, 0.25) is 0 Å². The molecule has 4 nitrogen and oxygen atoms in total. The number of nitrogens with zero attached hydrogens (tertiary/aromatic N) is 1. The normalized spacial score (nSPS) is 12.3. The van der Waals surface area contributed by atoms with E-state index in [1.165, 1.54) is 6.39 Å². The second-order valence-corrected chi connectivity index (χ2v) is 4.37. The second kappa shape index (κ2) is 5.02. The summed E-state index contributed by atoms with van der Waals surface area (Å²) in [5.41, 5.74) is 3.19. The van der Waals surface area contributed by atoms with E-state index in [1.807, 2.05) is 30.3 Å². The molecule has 0 spiro atoms. The fraction of sp³-hybridized carbons (Fsp3) is 0.133. The molecular weight excluding hydrogens is 240 g/mol. The number of oxazole rings is 1. The summed E-state index contributed by atoms with van der Waals surface area (Å²) in [5.74, 6) is 0.773. The van der Waals surface area contributed by atoms with Gasteiger partial charge in [-0.15, -0.1) is 0 Å². The van der Waals surface area contributed by atoms with E-state index < -0.39 is 0 Å². The summed E-state index contributed by atoms with van der Waals surface area (Å²) in [6, 6.07) is 10.2. The molecule has 1 atom stereocenters. The van der Waals surface area contributed by atoms with Gasteiger partial charge < -0.3 is 14.2 Å². The average molecular weight is 254 g/mol. The molecule has 19 heavy (non-hydrogen) atoms. The van der Waals surface area contributed by atoms with Crippen LogP contribution in [0.3, 0.4) is 0 Å². The average Bonchev–Trinajstić information content (AvgIpc) is 3.13. The molecule has 3 aromatic rings. The first-order valence-corrected chi connectivity index (χ1v) is 6.10. The largest absolute Gasteiger partial charge is 0.472 e. The molecule has 4 heteroatoms. The van der Waals surface area contributed by atoms with Crippen molar-refractivity contribution in [3.05, 3.63) is 61.0 Å². The smallest absolute Gasteiger partial charge is 0.181 e. The van der Waals surface area contributed by atoms with Crippen molar-refractivity contribution < 1.29 is 8.83 Å². The van der Waals surface area contributed by atoms with Crippen molar-refractivity contribution in [2.24, 2.45) is 0 Å². The summed E-state index contributed by atoms with van der Waals surface area (Å²) in [6.07, 6.45) is 6.57. The first kappa shape index (κ1) is 11.6. The lowest BCUT2D eigenvalue weighted by molar-refractivity contribution is 0.562. The number of hydrogen-bond acceptors (Lipinski definition) is 4. The number of nitrogens with one attached hydrogen (secondary N) is 1. The van der Waals surface area contributed by atoms with Crippen molar-refractivity contribution in [1.29, 1.82) is 0 Å². The molecule has 0 bridgehead atoms. The molecule has 0 radical (unpaired) electrons. The summed E-state index contributed by atoms with van der Waals surface area (Å²) >= 11 is 0. The van der Waals surface area contributed by atoms with Gasteiger partial charge in [0.25, 0.3) is 0 Å². The predicted molar refractivity (Wildman–Crippen MR) is 72.7 cm³/mol. The number of rotatable bonds is 4. The Morgan fingerprint density at radius 1 is 1.16 bits per heavy atom. The van der Waals surface area contributed by atoms with Crippen LogP contribution in [0, 0.1) is 0 Å². The van der Waals surface area contributed by atoms with Gasteiger partial charge in [0.15, 0.2) is 12.2 Å². The van der Waals surface area contributed by atoms with Crippen LogP contribution in [0.4, 0.5) is 5.69 Å². The molecule has 0 amide bonds. The molecule has 0 aliphatic rings. The van der Waals surface area contributed by atoms with Crippen LogP contribution in [0.25, 0.3) is 11.3 Å². The zero-order chi connectivity index (χ0) is 13.1. The van der Waals surface area contributed by atoms with Gasteiger partial charge in [-0.3, -0.25) is 0 Å². The molecule has 0 aliphatic heterocycles. The molecule has 0 saturated heterocycles. The summed E-state index contributed by atoms with van der Waals surface area (Å²) in [7, 11) is 0. The number of furan rings is 1. The van der Waals surface area contributed by atoms with Gasteiger partial charge >= 0.3 is 0 Å². The predicted octanol–water partition coefficient (Wildman–Crippen LogP) is 4.11. The lowest BCUT2D eigenvalue weighted by Gasteiger charge is -2.13. The maximum atomic E-state index is 5.26. The minimum absolute atomic E-state index is 0.204. The second-order valence-electron chi connectivity index (χ2n) is 4.37. The van der Waals surface area contributed by atoms with Gasteiger partial charge in [-0.05, 0) is 37.3 Å². The van der Waals surface area contributed by atoms with Gasteiger partial charge in [0.1, 0.15) is 0 Å². The fourth-order valence-electron chi connectivity index (χ4n) is 1.94. The molecule has 0 saturated carbocycles. The Balaban J connectivity index is 1.73. The third-order valence-corrected chi connectivity index (χ3v) is 3.03. The monoisotopic (exact) mass is 254 g/mol. The highest BCUT2D eigenvalue weighted by molar-refractivity contribution is 5.60. The van der Waals surface area contributed by atoms with E-state index in [2.05, 4.69) is 17.2 Å². The topological polar surface area (TPSA) is 51.2 Å². The van der Waals surface area contributed by atoms with Crippen LogP contribution in [-0.2, 0) is 0 Å². The van der Waals surface area contributed by atoms with Crippen LogP contribution >= 0.6 is 0 Å². The number of hydrogen-bond donors (Lipinski definition) is 1. The Kier molecular flexibility index (Phi) is 3.06. The number of anilines is 1. The Hall–Kier alpha value is -2.49. The van der Waals surface area contributed by atoms with Gasteiger partial charge in [0, 0.05) is 16.8 Å². The summed E-state index contributed by atoms with van der Waals surface area (Å²) in [6.45, 7) is 2.09. The highest BCUT2D eigenvalue weighted by Gasteiger charge is 2.07. The Morgan fingerprint density at radius 2 is 2.00 bits per heavy atom. The summed E-state index contributed by atoms with van der Waals surface area (Å²) in [4.78, 5) is 3.91. The molecule has 1 N–H and O–H groups in total. The molecule has 96 valence electrons. The van der Waals surface area contributed by atoms with E-state index in [4.69, 9.17) is 8.83 Å². The maximum Gasteiger partial charge on any atom is 0.181 e. The zero-order valence-corrected chi connectivity index (χ0v) is 10.5. The van der Waals surface area contributed by atoms with Crippen LogP contribution in [0.15, 0.2) is 64.3 Å². The van der Waals surface area contributed by atoms with Crippen molar-refractivity contribution in [3.63, 3.8) is 0 Å². The maximum absolute atomic E-state index is 5.26. The standard InChI is InChI=1S/C15H14N2O2/c1-11(13-6-7-18-9-13)17-14-4-2-12(3-5-14)15-8-16-10-19-15/h2-11,17H,1H3.